The van der Waals surface area contributed by atoms with Crippen LogP contribution in [0.5, 0.6) is 11.5 Å². The van der Waals surface area contributed by atoms with E-state index in [1.807, 2.05) is 24.3 Å². The van der Waals surface area contributed by atoms with Gasteiger partial charge in [-0.25, -0.2) is 0 Å². The van der Waals surface area contributed by atoms with Crippen molar-refractivity contribution in [1.29, 1.82) is 0 Å². The maximum Gasteiger partial charge on any atom is 0.161 e. The molecule has 5 heteroatoms. The van der Waals surface area contributed by atoms with E-state index in [0.29, 0.717) is 13.2 Å². The van der Waals surface area contributed by atoms with E-state index in [1.165, 1.54) is 0 Å². The van der Waals surface area contributed by atoms with Gasteiger partial charge in [0.05, 0.1) is 7.11 Å². The zero-order chi connectivity index (χ0) is 9.52. The molecule has 0 spiro atoms. The first-order chi connectivity index (χ1) is 6.38. The van der Waals surface area contributed by atoms with Gasteiger partial charge in [0.25, 0.3) is 0 Å². The van der Waals surface area contributed by atoms with E-state index in [2.05, 4.69) is 5.43 Å². The third-order valence-electron chi connectivity index (χ3n) is 1.57. The fraction of sp³-hybridized carbons (Fsp3) is 0.333. The van der Waals surface area contributed by atoms with Gasteiger partial charge < -0.3 is 9.47 Å². The number of nitrogens with one attached hydrogen (secondary N) is 1. The molecule has 0 atom stereocenters. The highest BCUT2D eigenvalue weighted by molar-refractivity contribution is 5.85. The van der Waals surface area contributed by atoms with Crippen molar-refractivity contribution in [1.82, 2.24) is 5.43 Å². The van der Waals surface area contributed by atoms with Crippen LogP contribution in [-0.2, 0) is 0 Å². The quantitative estimate of drug-likeness (QED) is 0.439. The minimum absolute atomic E-state index is 0. The van der Waals surface area contributed by atoms with Crippen LogP contribution in [0.3, 0.4) is 0 Å². The van der Waals surface area contributed by atoms with Crippen LogP contribution in [0.2, 0.25) is 0 Å². The van der Waals surface area contributed by atoms with Gasteiger partial charge in [-0.15, -0.1) is 12.4 Å². The van der Waals surface area contributed by atoms with Crippen LogP contribution in [0.15, 0.2) is 24.3 Å². The molecule has 0 radical (unpaired) electrons. The van der Waals surface area contributed by atoms with Crippen molar-refractivity contribution in [2.45, 2.75) is 0 Å². The molecule has 0 amide bonds. The topological polar surface area (TPSA) is 56.5 Å². The van der Waals surface area contributed by atoms with Gasteiger partial charge in [0.15, 0.2) is 11.5 Å². The van der Waals surface area contributed by atoms with Gasteiger partial charge in [-0.05, 0) is 12.1 Å². The summed E-state index contributed by atoms with van der Waals surface area (Å²) in [6.07, 6.45) is 0. The number of benzene rings is 1. The Hall–Kier alpha value is -0.970. The van der Waals surface area contributed by atoms with Gasteiger partial charge in [-0.2, -0.15) is 0 Å². The van der Waals surface area contributed by atoms with E-state index in [9.17, 15) is 0 Å². The Bertz CT molecular complexity index is 258. The molecule has 4 nitrogen and oxygen atoms in total. The standard InChI is InChI=1S/C9H14N2O2.ClH/c1-12-8-4-2-3-5-9(8)13-7-6-11-10;/h2-5,11H,6-7,10H2,1H3;1H. The molecule has 0 aliphatic carbocycles. The minimum Gasteiger partial charge on any atom is -0.493 e. The lowest BCUT2D eigenvalue weighted by molar-refractivity contribution is 0.293. The number of para-hydroxylation sites is 2. The van der Waals surface area contributed by atoms with Crippen LogP contribution in [-0.4, -0.2) is 20.3 Å². The van der Waals surface area contributed by atoms with E-state index in [-0.39, 0.29) is 12.4 Å². The van der Waals surface area contributed by atoms with Crippen LogP contribution in [0, 0.1) is 0 Å². The minimum atomic E-state index is 0. The van der Waals surface area contributed by atoms with Crippen LogP contribution in [0.1, 0.15) is 0 Å². The van der Waals surface area contributed by atoms with E-state index in [0.717, 1.165) is 11.5 Å². The first-order valence-corrected chi connectivity index (χ1v) is 4.07. The maximum absolute atomic E-state index is 5.40. The second-order valence-electron chi connectivity index (χ2n) is 2.45. The molecular formula is C9H15ClN2O2. The van der Waals surface area contributed by atoms with Gasteiger partial charge >= 0.3 is 0 Å². The molecule has 0 aliphatic heterocycles. The molecule has 1 aromatic rings. The Morgan fingerprint density at radius 2 is 1.93 bits per heavy atom. The van der Waals surface area contributed by atoms with Crippen molar-refractivity contribution in [2.24, 2.45) is 5.84 Å². The lowest BCUT2D eigenvalue weighted by atomic mass is 10.3. The number of hydrogen-bond donors (Lipinski definition) is 2. The van der Waals surface area contributed by atoms with Crippen LogP contribution < -0.4 is 20.7 Å². The molecule has 0 fully saturated rings. The van der Waals surface area contributed by atoms with Gasteiger partial charge in [0, 0.05) is 6.54 Å². The number of nitrogens with two attached hydrogens (primary N) is 1. The molecule has 0 unspecified atom stereocenters. The number of methoxy groups -OCH3 is 1. The highest BCUT2D eigenvalue weighted by atomic mass is 35.5. The van der Waals surface area contributed by atoms with E-state index in [1.54, 1.807) is 7.11 Å². The predicted molar refractivity (Wildman–Crippen MR) is 57.9 cm³/mol. The number of hydrazine groups is 1. The summed E-state index contributed by atoms with van der Waals surface area (Å²) < 4.78 is 10.5. The summed E-state index contributed by atoms with van der Waals surface area (Å²) in [6, 6.07) is 7.50. The molecule has 80 valence electrons. The van der Waals surface area contributed by atoms with E-state index >= 15 is 0 Å². The Balaban J connectivity index is 0.00000169. The zero-order valence-electron chi connectivity index (χ0n) is 8.03. The highest BCUT2D eigenvalue weighted by Crippen LogP contribution is 2.25. The number of halogens is 1. The van der Waals surface area contributed by atoms with E-state index in [4.69, 9.17) is 15.3 Å². The molecule has 0 aromatic heterocycles. The molecule has 0 bridgehead atoms. The highest BCUT2D eigenvalue weighted by Gasteiger charge is 2.00. The fourth-order valence-electron chi connectivity index (χ4n) is 0.958. The molecule has 1 rings (SSSR count). The zero-order valence-corrected chi connectivity index (χ0v) is 8.84. The molecule has 0 aliphatic rings. The Kier molecular flexibility index (Phi) is 6.92. The van der Waals surface area contributed by atoms with Crippen molar-refractivity contribution in [3.05, 3.63) is 24.3 Å². The second kappa shape index (κ2) is 7.44. The number of ether oxygens (including phenoxy) is 2. The Morgan fingerprint density at radius 3 is 2.50 bits per heavy atom. The molecule has 14 heavy (non-hydrogen) atoms. The summed E-state index contributed by atoms with van der Waals surface area (Å²) >= 11 is 0. The molecule has 0 heterocycles. The Morgan fingerprint density at radius 1 is 1.29 bits per heavy atom. The summed E-state index contributed by atoms with van der Waals surface area (Å²) in [5.41, 5.74) is 2.51. The molecule has 3 N–H and O–H groups in total. The van der Waals surface area contributed by atoms with Gasteiger partial charge in [0.2, 0.25) is 0 Å². The summed E-state index contributed by atoms with van der Waals surface area (Å²) in [7, 11) is 1.61. The fourth-order valence-corrected chi connectivity index (χ4v) is 0.958. The van der Waals surface area contributed by atoms with Gasteiger partial charge in [0.1, 0.15) is 6.61 Å². The predicted octanol–water partition coefficient (Wildman–Crippen LogP) is 0.959. The number of rotatable bonds is 5. The summed E-state index contributed by atoms with van der Waals surface area (Å²) in [5, 5.41) is 0. The first-order valence-electron chi connectivity index (χ1n) is 4.07. The van der Waals surface area contributed by atoms with Crippen LogP contribution in [0.25, 0.3) is 0 Å². The monoisotopic (exact) mass is 218 g/mol. The van der Waals surface area contributed by atoms with Gasteiger partial charge in [-0.3, -0.25) is 11.3 Å². The lowest BCUT2D eigenvalue weighted by Crippen LogP contribution is -2.27. The summed E-state index contributed by atoms with van der Waals surface area (Å²) in [5.74, 6) is 6.57. The third-order valence-corrected chi connectivity index (χ3v) is 1.57. The second-order valence-corrected chi connectivity index (χ2v) is 2.45. The molecular weight excluding hydrogens is 204 g/mol. The number of hydrogen-bond acceptors (Lipinski definition) is 4. The van der Waals surface area contributed by atoms with Crippen molar-refractivity contribution >= 4 is 12.4 Å². The average Bonchev–Trinajstić information content (AvgIpc) is 2.19. The largest absolute Gasteiger partial charge is 0.493 e. The van der Waals surface area contributed by atoms with Crippen molar-refractivity contribution in [3.63, 3.8) is 0 Å². The Labute approximate surface area is 89.8 Å². The van der Waals surface area contributed by atoms with Crippen molar-refractivity contribution in [3.8, 4) is 11.5 Å². The molecule has 0 saturated heterocycles. The average molecular weight is 219 g/mol. The first kappa shape index (κ1) is 13.0. The van der Waals surface area contributed by atoms with Gasteiger partial charge in [-0.1, -0.05) is 12.1 Å². The molecule has 0 saturated carbocycles. The summed E-state index contributed by atoms with van der Waals surface area (Å²) in [6.45, 7) is 1.13. The van der Waals surface area contributed by atoms with Crippen LogP contribution >= 0.6 is 12.4 Å². The van der Waals surface area contributed by atoms with Crippen molar-refractivity contribution < 1.29 is 9.47 Å². The SMILES string of the molecule is COc1ccccc1OCCNN.Cl. The van der Waals surface area contributed by atoms with Crippen molar-refractivity contribution in [2.75, 3.05) is 20.3 Å². The normalized spacial score (nSPS) is 9.00. The van der Waals surface area contributed by atoms with E-state index < -0.39 is 0 Å². The summed E-state index contributed by atoms with van der Waals surface area (Å²) in [4.78, 5) is 0. The third kappa shape index (κ3) is 3.83. The molecule has 1 aromatic carbocycles. The maximum atomic E-state index is 5.40. The lowest BCUT2D eigenvalue weighted by Gasteiger charge is -2.09. The smallest absolute Gasteiger partial charge is 0.161 e. The van der Waals surface area contributed by atoms with Crippen LogP contribution in [0.4, 0.5) is 0 Å².